The molecule has 60 valence electrons. The first kappa shape index (κ1) is 7.13. The minimum absolute atomic E-state index is 0.230. The minimum atomic E-state index is 0.230. The lowest BCUT2D eigenvalue weighted by molar-refractivity contribution is 0.552. The molecule has 0 spiro atoms. The summed E-state index contributed by atoms with van der Waals surface area (Å²) in [5, 5.41) is 3.54. The zero-order valence-corrected chi connectivity index (χ0v) is 6.77. The van der Waals surface area contributed by atoms with Crippen LogP contribution in [-0.2, 0) is 0 Å². The van der Waals surface area contributed by atoms with E-state index >= 15 is 0 Å². The molecular formula is C7H9ClN2O. The summed E-state index contributed by atoms with van der Waals surface area (Å²) < 4.78 is 4.89. The normalized spacial score (nSPS) is 24.3. The third-order valence-electron chi connectivity index (χ3n) is 1.91. The Bertz CT molecular complexity index is 242. The van der Waals surface area contributed by atoms with Crippen molar-refractivity contribution in [2.24, 2.45) is 0 Å². The van der Waals surface area contributed by atoms with Crippen LogP contribution in [0.25, 0.3) is 0 Å². The van der Waals surface area contributed by atoms with Gasteiger partial charge in [0.2, 0.25) is 0 Å². The molecule has 1 unspecified atom stereocenters. The monoisotopic (exact) mass is 172 g/mol. The van der Waals surface area contributed by atoms with E-state index in [0.29, 0.717) is 6.04 Å². The van der Waals surface area contributed by atoms with E-state index in [2.05, 4.69) is 10.3 Å². The molecule has 0 amide bonds. The van der Waals surface area contributed by atoms with E-state index in [0.717, 1.165) is 18.7 Å². The topological polar surface area (TPSA) is 38.1 Å². The summed E-state index contributed by atoms with van der Waals surface area (Å²) in [5.41, 5.74) is 0.924. The Kier molecular flexibility index (Phi) is 1.84. The Labute approximate surface area is 69.8 Å². The van der Waals surface area contributed by atoms with Gasteiger partial charge in [0.05, 0.1) is 11.7 Å². The van der Waals surface area contributed by atoms with Gasteiger partial charge in [-0.2, -0.15) is 0 Å². The van der Waals surface area contributed by atoms with Gasteiger partial charge in [-0.15, -0.1) is 0 Å². The van der Waals surface area contributed by atoms with Gasteiger partial charge in [-0.25, -0.2) is 4.98 Å². The van der Waals surface area contributed by atoms with Crippen molar-refractivity contribution in [2.45, 2.75) is 18.9 Å². The maximum atomic E-state index is 5.53. The van der Waals surface area contributed by atoms with E-state index in [1.807, 2.05) is 0 Å². The maximum Gasteiger partial charge on any atom is 0.292 e. The molecular weight excluding hydrogens is 164 g/mol. The van der Waals surface area contributed by atoms with Gasteiger partial charge in [-0.1, -0.05) is 0 Å². The van der Waals surface area contributed by atoms with Crippen LogP contribution in [0.5, 0.6) is 0 Å². The van der Waals surface area contributed by atoms with Crippen LogP contribution in [0.15, 0.2) is 10.7 Å². The number of oxazole rings is 1. The fourth-order valence-corrected chi connectivity index (χ4v) is 1.50. The molecule has 2 heterocycles. The van der Waals surface area contributed by atoms with Crippen molar-refractivity contribution in [1.29, 1.82) is 0 Å². The third-order valence-corrected chi connectivity index (χ3v) is 2.08. The van der Waals surface area contributed by atoms with Crippen molar-refractivity contribution in [1.82, 2.24) is 10.3 Å². The quantitative estimate of drug-likeness (QED) is 0.702. The molecule has 1 aliphatic rings. The molecule has 0 saturated carbocycles. The van der Waals surface area contributed by atoms with Crippen LogP contribution in [0.3, 0.4) is 0 Å². The highest BCUT2D eigenvalue weighted by Gasteiger charge is 2.19. The molecule has 1 aliphatic heterocycles. The van der Waals surface area contributed by atoms with Gasteiger partial charge < -0.3 is 9.73 Å². The molecule has 1 fully saturated rings. The molecule has 4 heteroatoms. The molecule has 0 radical (unpaired) electrons. The molecule has 1 aromatic heterocycles. The molecule has 1 saturated heterocycles. The minimum Gasteiger partial charge on any atom is -0.436 e. The molecule has 0 bridgehead atoms. The van der Waals surface area contributed by atoms with E-state index in [1.165, 1.54) is 6.42 Å². The second-order valence-electron chi connectivity index (χ2n) is 2.67. The van der Waals surface area contributed by atoms with Gasteiger partial charge in [0.15, 0.2) is 0 Å². The smallest absolute Gasteiger partial charge is 0.292 e. The Morgan fingerprint density at radius 1 is 1.73 bits per heavy atom. The van der Waals surface area contributed by atoms with Crippen LogP contribution >= 0.6 is 11.6 Å². The Morgan fingerprint density at radius 3 is 3.18 bits per heavy atom. The van der Waals surface area contributed by atoms with Crippen molar-refractivity contribution in [3.63, 3.8) is 0 Å². The number of nitrogens with zero attached hydrogens (tertiary/aromatic N) is 1. The third kappa shape index (κ3) is 1.39. The largest absolute Gasteiger partial charge is 0.436 e. The van der Waals surface area contributed by atoms with Crippen molar-refractivity contribution in [2.75, 3.05) is 6.54 Å². The Morgan fingerprint density at radius 2 is 2.64 bits per heavy atom. The lowest BCUT2D eigenvalue weighted by Crippen LogP contribution is -2.12. The summed E-state index contributed by atoms with van der Waals surface area (Å²) in [4.78, 5) is 4.03. The molecule has 11 heavy (non-hydrogen) atoms. The van der Waals surface area contributed by atoms with E-state index < -0.39 is 0 Å². The molecule has 1 N–H and O–H groups in total. The first-order valence-corrected chi connectivity index (χ1v) is 4.08. The predicted octanol–water partition coefficient (Wildman–Crippen LogP) is 1.75. The number of rotatable bonds is 1. The van der Waals surface area contributed by atoms with E-state index in [-0.39, 0.29) is 5.35 Å². The van der Waals surface area contributed by atoms with Crippen molar-refractivity contribution in [3.05, 3.63) is 17.3 Å². The van der Waals surface area contributed by atoms with Gasteiger partial charge in [0.1, 0.15) is 6.26 Å². The van der Waals surface area contributed by atoms with Gasteiger partial charge in [0.25, 0.3) is 5.35 Å². The number of hydrogen-bond acceptors (Lipinski definition) is 3. The van der Waals surface area contributed by atoms with Gasteiger partial charge in [-0.3, -0.25) is 0 Å². The summed E-state index contributed by atoms with van der Waals surface area (Å²) in [6.45, 7) is 1.06. The maximum absolute atomic E-state index is 5.53. The lowest BCUT2D eigenvalue weighted by atomic mass is 10.2. The predicted molar refractivity (Wildman–Crippen MR) is 41.5 cm³/mol. The second-order valence-corrected chi connectivity index (χ2v) is 3.00. The lowest BCUT2D eigenvalue weighted by Gasteiger charge is -2.02. The zero-order chi connectivity index (χ0) is 7.68. The molecule has 3 nitrogen and oxygen atoms in total. The van der Waals surface area contributed by atoms with Gasteiger partial charge >= 0.3 is 0 Å². The second kappa shape index (κ2) is 2.83. The highest BCUT2D eigenvalue weighted by Crippen LogP contribution is 2.23. The highest BCUT2D eigenvalue weighted by molar-refractivity contribution is 6.27. The molecule has 1 atom stereocenters. The summed E-state index contributed by atoms with van der Waals surface area (Å²) in [6, 6.07) is 0.353. The SMILES string of the molecule is Clc1nc(C2CCCN2)co1. The molecule has 2 rings (SSSR count). The van der Waals surface area contributed by atoms with Crippen molar-refractivity contribution < 1.29 is 4.42 Å². The molecule has 0 aliphatic carbocycles. The van der Waals surface area contributed by atoms with Crippen molar-refractivity contribution >= 4 is 11.6 Å². The number of aromatic nitrogens is 1. The van der Waals surface area contributed by atoms with E-state index in [9.17, 15) is 0 Å². The van der Waals surface area contributed by atoms with Crippen LogP contribution in [0.4, 0.5) is 0 Å². The number of hydrogen-bond donors (Lipinski definition) is 1. The van der Waals surface area contributed by atoms with E-state index in [4.69, 9.17) is 16.0 Å². The average molecular weight is 173 g/mol. The number of nitrogens with one attached hydrogen (secondary N) is 1. The average Bonchev–Trinajstić information content (AvgIpc) is 2.55. The fraction of sp³-hybridized carbons (Fsp3) is 0.571. The highest BCUT2D eigenvalue weighted by atomic mass is 35.5. The Hall–Kier alpha value is -0.540. The first-order chi connectivity index (χ1) is 5.36. The summed E-state index contributed by atoms with van der Waals surface area (Å²) >= 11 is 5.53. The van der Waals surface area contributed by atoms with Gasteiger partial charge in [0, 0.05) is 0 Å². The summed E-state index contributed by atoms with van der Waals surface area (Å²) in [6.07, 6.45) is 3.95. The van der Waals surface area contributed by atoms with E-state index in [1.54, 1.807) is 6.26 Å². The standard InChI is InChI=1S/C7H9ClN2O/c8-7-10-6(4-11-7)5-2-1-3-9-5/h4-5,9H,1-3H2. The summed E-state index contributed by atoms with van der Waals surface area (Å²) in [5.74, 6) is 0. The number of halogens is 1. The summed E-state index contributed by atoms with van der Waals surface area (Å²) in [7, 11) is 0. The fourth-order valence-electron chi connectivity index (χ4n) is 1.36. The van der Waals surface area contributed by atoms with Crippen molar-refractivity contribution in [3.8, 4) is 0 Å². The van der Waals surface area contributed by atoms with Crippen LogP contribution in [0, 0.1) is 0 Å². The van der Waals surface area contributed by atoms with Crippen LogP contribution in [0.1, 0.15) is 24.6 Å². The molecule has 0 aromatic carbocycles. The van der Waals surface area contributed by atoms with Crippen LogP contribution in [-0.4, -0.2) is 11.5 Å². The van der Waals surface area contributed by atoms with Crippen LogP contribution in [0.2, 0.25) is 5.35 Å². The Balaban J connectivity index is 2.15. The first-order valence-electron chi connectivity index (χ1n) is 3.70. The zero-order valence-electron chi connectivity index (χ0n) is 6.01. The van der Waals surface area contributed by atoms with Crippen LogP contribution < -0.4 is 5.32 Å². The van der Waals surface area contributed by atoms with Gasteiger partial charge in [-0.05, 0) is 31.0 Å². The molecule has 1 aromatic rings.